The monoisotopic (exact) mass is 535 g/mol. The molecule has 0 bridgehead atoms. The Morgan fingerprint density at radius 1 is 0.946 bits per heavy atom. The second-order valence-corrected chi connectivity index (χ2v) is 12.4. The summed E-state index contributed by atoms with van der Waals surface area (Å²) in [5.74, 6) is -0.479. The summed E-state index contributed by atoms with van der Waals surface area (Å²) in [7, 11) is -3.93. The molecule has 2 aliphatic rings. The molecule has 0 N–H and O–H groups in total. The van der Waals surface area contributed by atoms with E-state index in [1.165, 1.54) is 4.31 Å². The van der Waals surface area contributed by atoms with E-state index in [9.17, 15) is 18.0 Å². The van der Waals surface area contributed by atoms with Crippen LogP contribution >= 0.6 is 11.3 Å². The highest BCUT2D eigenvalue weighted by atomic mass is 32.2. The van der Waals surface area contributed by atoms with Gasteiger partial charge in [-0.05, 0) is 60.7 Å². The lowest BCUT2D eigenvalue weighted by molar-refractivity contribution is -0.122. The molecule has 1 saturated heterocycles. The largest absolute Gasteiger partial charge is 0.436 e. The van der Waals surface area contributed by atoms with Crippen LogP contribution in [0.2, 0.25) is 0 Å². The minimum atomic E-state index is -3.93. The van der Waals surface area contributed by atoms with Gasteiger partial charge in [-0.15, -0.1) is 11.3 Å². The van der Waals surface area contributed by atoms with Crippen LogP contribution in [0.4, 0.5) is 5.69 Å². The maximum atomic E-state index is 13.7. The number of benzene rings is 2. The summed E-state index contributed by atoms with van der Waals surface area (Å²) >= 11 is 1.13. The van der Waals surface area contributed by atoms with E-state index >= 15 is 0 Å². The van der Waals surface area contributed by atoms with Crippen LogP contribution in [-0.4, -0.2) is 41.6 Å². The zero-order chi connectivity index (χ0) is 25.6. The summed E-state index contributed by atoms with van der Waals surface area (Å²) in [5.41, 5.74) is 2.52. The van der Waals surface area contributed by atoms with Gasteiger partial charge in [0, 0.05) is 11.6 Å². The average molecular weight is 536 g/mol. The van der Waals surface area contributed by atoms with Gasteiger partial charge in [0.05, 0.1) is 12.1 Å². The molecule has 1 aliphatic carbocycles. The van der Waals surface area contributed by atoms with Gasteiger partial charge in [-0.3, -0.25) is 9.59 Å². The van der Waals surface area contributed by atoms with Crippen LogP contribution < -0.4 is 4.90 Å². The van der Waals surface area contributed by atoms with E-state index in [0.29, 0.717) is 35.6 Å². The maximum Gasteiger partial charge on any atom is 0.253 e. The Labute approximate surface area is 218 Å². The molecule has 10 heteroatoms. The second-order valence-electron chi connectivity index (χ2n) is 9.38. The first kappa shape index (κ1) is 24.0. The molecule has 1 saturated carbocycles. The highest BCUT2D eigenvalue weighted by Crippen LogP contribution is 2.36. The number of anilines is 1. The summed E-state index contributed by atoms with van der Waals surface area (Å²) in [6, 6.07) is 16.2. The number of amides is 2. The Hall–Kier alpha value is -3.34. The van der Waals surface area contributed by atoms with Gasteiger partial charge in [-0.2, -0.15) is 4.31 Å². The molecular weight excluding hydrogens is 510 g/mol. The van der Waals surface area contributed by atoms with Crippen LogP contribution in [0.25, 0.3) is 22.6 Å². The number of para-hydroxylation sites is 2. The Morgan fingerprint density at radius 2 is 1.70 bits per heavy atom. The molecule has 1 unspecified atom stereocenters. The van der Waals surface area contributed by atoms with Gasteiger partial charge < -0.3 is 4.42 Å². The Bertz CT molecular complexity index is 1520. The molecule has 2 fully saturated rings. The predicted octanol–water partition coefficient (Wildman–Crippen LogP) is 5.21. The molecule has 0 radical (unpaired) electrons. The van der Waals surface area contributed by atoms with Gasteiger partial charge in [0.15, 0.2) is 5.58 Å². The standard InChI is InChI=1S/C27H25N3O5S2/c31-24-17-22(30(20-7-2-1-3-8-20)37(33,34)25-11-6-16-36-25)27(32)29(24)19-14-12-18(13-15-19)26-28-21-9-4-5-10-23(21)35-26/h4-6,9-16,20,22H,1-3,7-8,17H2. The van der Waals surface area contributed by atoms with Gasteiger partial charge in [0.25, 0.3) is 15.9 Å². The van der Waals surface area contributed by atoms with E-state index in [1.54, 1.807) is 41.8 Å². The SMILES string of the molecule is O=C1CC(N(C2CCCCC2)S(=O)(=O)c2cccs2)C(=O)N1c1ccc(-c2nc3ccccc3o2)cc1. The molecule has 4 aromatic rings. The van der Waals surface area contributed by atoms with Crippen molar-refractivity contribution in [1.29, 1.82) is 0 Å². The number of hydrogen-bond acceptors (Lipinski definition) is 7. The molecule has 2 amide bonds. The Morgan fingerprint density at radius 3 is 2.41 bits per heavy atom. The molecule has 6 rings (SSSR count). The minimum Gasteiger partial charge on any atom is -0.436 e. The summed E-state index contributed by atoms with van der Waals surface area (Å²) in [6.07, 6.45) is 4.03. The van der Waals surface area contributed by atoms with Crippen molar-refractivity contribution in [2.45, 2.75) is 54.8 Å². The van der Waals surface area contributed by atoms with E-state index in [2.05, 4.69) is 4.98 Å². The highest BCUT2D eigenvalue weighted by molar-refractivity contribution is 7.91. The van der Waals surface area contributed by atoms with Crippen LogP contribution in [0.1, 0.15) is 38.5 Å². The van der Waals surface area contributed by atoms with E-state index in [4.69, 9.17) is 4.42 Å². The van der Waals surface area contributed by atoms with Gasteiger partial charge in [0.2, 0.25) is 11.8 Å². The van der Waals surface area contributed by atoms with Crippen molar-refractivity contribution >= 4 is 50.0 Å². The van der Waals surface area contributed by atoms with Gasteiger partial charge >= 0.3 is 0 Å². The first-order chi connectivity index (χ1) is 17.9. The highest BCUT2D eigenvalue weighted by Gasteiger charge is 2.49. The molecule has 1 aliphatic heterocycles. The van der Waals surface area contributed by atoms with Gasteiger partial charge in [0.1, 0.15) is 15.8 Å². The first-order valence-corrected chi connectivity index (χ1v) is 14.7. The lowest BCUT2D eigenvalue weighted by Crippen LogP contribution is -2.51. The molecule has 2 aromatic carbocycles. The van der Waals surface area contributed by atoms with Crippen LogP contribution in [-0.2, 0) is 19.6 Å². The van der Waals surface area contributed by atoms with Crippen molar-refractivity contribution < 1.29 is 22.4 Å². The Kier molecular flexibility index (Phi) is 6.18. The summed E-state index contributed by atoms with van der Waals surface area (Å²) in [6.45, 7) is 0. The fraction of sp³-hybridized carbons (Fsp3) is 0.296. The van der Waals surface area contributed by atoms with Crippen molar-refractivity contribution in [1.82, 2.24) is 9.29 Å². The number of aromatic nitrogens is 1. The minimum absolute atomic E-state index is 0.174. The first-order valence-electron chi connectivity index (χ1n) is 12.3. The van der Waals surface area contributed by atoms with E-state index in [0.717, 1.165) is 41.0 Å². The Balaban J connectivity index is 1.30. The van der Waals surface area contributed by atoms with Crippen LogP contribution in [0.15, 0.2) is 74.7 Å². The van der Waals surface area contributed by atoms with Gasteiger partial charge in [-0.1, -0.05) is 37.5 Å². The molecule has 8 nitrogen and oxygen atoms in total. The molecule has 2 aromatic heterocycles. The van der Waals surface area contributed by atoms with Crippen molar-refractivity contribution in [3.63, 3.8) is 0 Å². The summed E-state index contributed by atoms with van der Waals surface area (Å²) in [5, 5.41) is 1.71. The molecule has 190 valence electrons. The third-order valence-corrected chi connectivity index (χ3v) is 10.4. The van der Waals surface area contributed by atoms with E-state index in [1.807, 2.05) is 24.3 Å². The quantitative estimate of drug-likeness (QED) is 0.314. The zero-order valence-corrected chi connectivity index (χ0v) is 21.6. The molecule has 1 atom stereocenters. The number of rotatable bonds is 6. The van der Waals surface area contributed by atoms with E-state index < -0.39 is 27.9 Å². The predicted molar refractivity (Wildman–Crippen MR) is 141 cm³/mol. The number of imide groups is 1. The number of oxazole rings is 1. The molecule has 0 spiro atoms. The van der Waals surface area contributed by atoms with Crippen LogP contribution in [0.3, 0.4) is 0 Å². The van der Waals surface area contributed by atoms with Crippen LogP contribution in [0, 0.1) is 0 Å². The van der Waals surface area contributed by atoms with Crippen molar-refractivity contribution in [3.8, 4) is 11.5 Å². The lowest BCUT2D eigenvalue weighted by atomic mass is 9.94. The molecule has 37 heavy (non-hydrogen) atoms. The number of nitrogens with zero attached hydrogens (tertiary/aromatic N) is 3. The number of carbonyl (C=O) groups is 2. The van der Waals surface area contributed by atoms with Crippen molar-refractivity contribution in [2.24, 2.45) is 0 Å². The van der Waals surface area contributed by atoms with E-state index in [-0.39, 0.29) is 16.7 Å². The number of carbonyl (C=O) groups excluding carboxylic acids is 2. The third-order valence-electron chi connectivity index (χ3n) is 7.06. The number of thiophene rings is 1. The number of fused-ring (bicyclic) bond motifs is 1. The van der Waals surface area contributed by atoms with Crippen LogP contribution in [0.5, 0.6) is 0 Å². The second kappa shape index (κ2) is 9.51. The summed E-state index contributed by atoms with van der Waals surface area (Å²) in [4.78, 5) is 32.4. The summed E-state index contributed by atoms with van der Waals surface area (Å²) < 4.78 is 34.7. The van der Waals surface area contributed by atoms with Crippen molar-refractivity contribution in [3.05, 3.63) is 66.0 Å². The molecule has 3 heterocycles. The lowest BCUT2D eigenvalue weighted by Gasteiger charge is -2.35. The topological polar surface area (TPSA) is 101 Å². The normalized spacial score (nSPS) is 19.4. The fourth-order valence-electron chi connectivity index (χ4n) is 5.30. The smallest absolute Gasteiger partial charge is 0.253 e. The van der Waals surface area contributed by atoms with Gasteiger partial charge in [-0.25, -0.2) is 18.3 Å². The third kappa shape index (κ3) is 4.28. The molecular formula is C27H25N3O5S2. The zero-order valence-electron chi connectivity index (χ0n) is 19.9. The number of sulfonamides is 1. The van der Waals surface area contributed by atoms with Crippen molar-refractivity contribution in [2.75, 3.05) is 4.90 Å². The number of hydrogen-bond donors (Lipinski definition) is 0. The maximum absolute atomic E-state index is 13.7. The fourth-order valence-corrected chi connectivity index (χ4v) is 8.22. The average Bonchev–Trinajstić information content (AvgIpc) is 3.65.